The average Bonchev–Trinajstić information content (AvgIpc) is 2.34. The van der Waals surface area contributed by atoms with Crippen LogP contribution in [-0.2, 0) is 6.54 Å². The molecule has 0 spiro atoms. The number of hydrogen-bond donors (Lipinski definition) is 1. The zero-order valence-electron chi connectivity index (χ0n) is 9.18. The summed E-state index contributed by atoms with van der Waals surface area (Å²) in [7, 11) is 0. The molecule has 5 heteroatoms. The molecule has 0 unspecified atom stereocenters. The second-order valence-electron chi connectivity index (χ2n) is 3.71. The van der Waals surface area contributed by atoms with Gasteiger partial charge in [0.2, 0.25) is 0 Å². The lowest BCUT2D eigenvalue weighted by molar-refractivity contribution is 0.587. The molecule has 1 nitrogen and oxygen atoms in total. The summed E-state index contributed by atoms with van der Waals surface area (Å²) in [6.07, 6.45) is 0. The lowest BCUT2D eigenvalue weighted by atomic mass is 10.2. The van der Waals surface area contributed by atoms with E-state index >= 15 is 0 Å². The second-order valence-corrected chi connectivity index (χ2v) is 4.57. The molecule has 1 N–H and O–H groups in total. The zero-order valence-corrected chi connectivity index (χ0v) is 10.8. The van der Waals surface area contributed by atoms with Crippen LogP contribution in [0.25, 0.3) is 0 Å². The fourth-order valence-electron chi connectivity index (χ4n) is 1.50. The summed E-state index contributed by atoms with van der Waals surface area (Å²) in [5.41, 5.74) is 0.671. The minimum absolute atomic E-state index is 0.0750. The molecule has 94 valence electrons. The van der Waals surface area contributed by atoms with Gasteiger partial charge in [0.25, 0.3) is 0 Å². The van der Waals surface area contributed by atoms with E-state index < -0.39 is 17.5 Å². The summed E-state index contributed by atoms with van der Waals surface area (Å²) in [5, 5.41) is 2.84. The third-order valence-corrected chi connectivity index (χ3v) is 3.10. The molecule has 0 aromatic heterocycles. The van der Waals surface area contributed by atoms with Crippen molar-refractivity contribution in [2.24, 2.45) is 0 Å². The normalized spacial score (nSPS) is 10.4. The number of benzene rings is 2. The van der Waals surface area contributed by atoms with Crippen molar-refractivity contribution in [3.05, 3.63) is 63.9 Å². The quantitative estimate of drug-likeness (QED) is 0.880. The van der Waals surface area contributed by atoms with Crippen molar-refractivity contribution in [1.29, 1.82) is 0 Å². The monoisotopic (exact) mass is 315 g/mol. The molecule has 0 bridgehead atoms. The van der Waals surface area contributed by atoms with Gasteiger partial charge in [-0.05, 0) is 52.3 Å². The largest absolute Gasteiger partial charge is 0.380 e. The van der Waals surface area contributed by atoms with Crippen LogP contribution in [0, 0.1) is 17.5 Å². The van der Waals surface area contributed by atoms with Gasteiger partial charge in [-0.25, -0.2) is 13.2 Å². The number of nitrogens with one attached hydrogen (secondary N) is 1. The molecule has 18 heavy (non-hydrogen) atoms. The first-order valence-electron chi connectivity index (χ1n) is 5.19. The van der Waals surface area contributed by atoms with Gasteiger partial charge in [0.15, 0.2) is 0 Å². The summed E-state index contributed by atoms with van der Waals surface area (Å²) in [6, 6.07) is 7.35. The first-order chi connectivity index (χ1) is 8.56. The maximum absolute atomic E-state index is 13.4. The molecule has 0 atom stereocenters. The summed E-state index contributed by atoms with van der Waals surface area (Å²) in [6.45, 7) is 0.0750. The Bertz CT molecular complexity index is 521. The summed E-state index contributed by atoms with van der Waals surface area (Å²) in [5.74, 6) is -1.41. The molecular formula is C13H9BrF3N. The van der Waals surface area contributed by atoms with Crippen molar-refractivity contribution in [3.8, 4) is 0 Å². The minimum Gasteiger partial charge on any atom is -0.380 e. The van der Waals surface area contributed by atoms with E-state index in [1.165, 1.54) is 12.1 Å². The first kappa shape index (κ1) is 13.0. The number of anilines is 1. The van der Waals surface area contributed by atoms with Crippen LogP contribution in [0.4, 0.5) is 18.9 Å². The molecule has 0 aliphatic rings. The minimum atomic E-state index is -0.508. The predicted molar refractivity (Wildman–Crippen MR) is 67.8 cm³/mol. The number of halogens is 4. The molecule has 0 radical (unpaired) electrons. The Hall–Kier alpha value is -1.49. The number of hydrogen-bond acceptors (Lipinski definition) is 1. The fourth-order valence-corrected chi connectivity index (χ4v) is 1.89. The molecule has 0 saturated carbocycles. The van der Waals surface area contributed by atoms with Crippen LogP contribution in [0.1, 0.15) is 5.56 Å². The van der Waals surface area contributed by atoms with Gasteiger partial charge in [0, 0.05) is 16.6 Å². The summed E-state index contributed by atoms with van der Waals surface area (Å²) in [4.78, 5) is 0. The third-order valence-electron chi connectivity index (χ3n) is 2.41. The lowest BCUT2D eigenvalue weighted by Crippen LogP contribution is -2.03. The Morgan fingerprint density at radius 3 is 2.39 bits per heavy atom. The van der Waals surface area contributed by atoms with E-state index in [4.69, 9.17) is 0 Å². The van der Waals surface area contributed by atoms with Crippen LogP contribution >= 0.6 is 15.9 Å². The molecule has 2 rings (SSSR count). The van der Waals surface area contributed by atoms with E-state index in [0.717, 1.165) is 18.2 Å². The zero-order chi connectivity index (χ0) is 13.1. The van der Waals surface area contributed by atoms with Crippen molar-refractivity contribution in [1.82, 2.24) is 0 Å². The Kier molecular flexibility index (Phi) is 3.91. The Balaban J connectivity index is 2.16. The van der Waals surface area contributed by atoms with Gasteiger partial charge < -0.3 is 5.32 Å². The topological polar surface area (TPSA) is 12.0 Å². The van der Waals surface area contributed by atoms with E-state index in [1.54, 1.807) is 6.07 Å². The predicted octanol–water partition coefficient (Wildman–Crippen LogP) is 4.48. The third kappa shape index (κ3) is 3.04. The molecule has 0 fully saturated rings. The fraction of sp³-hybridized carbons (Fsp3) is 0.0769. The maximum atomic E-state index is 13.4. The van der Waals surface area contributed by atoms with E-state index in [0.29, 0.717) is 10.2 Å². The van der Waals surface area contributed by atoms with Gasteiger partial charge in [-0.3, -0.25) is 0 Å². The van der Waals surface area contributed by atoms with Gasteiger partial charge >= 0.3 is 0 Å². The molecule has 0 amide bonds. The summed E-state index contributed by atoms with van der Waals surface area (Å²) < 4.78 is 40.0. The Labute approximate surface area is 111 Å². The smallest absolute Gasteiger partial charge is 0.128 e. The van der Waals surface area contributed by atoms with E-state index in [9.17, 15) is 13.2 Å². The van der Waals surface area contributed by atoms with Crippen LogP contribution in [-0.4, -0.2) is 0 Å². The van der Waals surface area contributed by atoms with Gasteiger partial charge in [0.1, 0.15) is 17.5 Å². The van der Waals surface area contributed by atoms with Crippen LogP contribution < -0.4 is 5.32 Å². The van der Waals surface area contributed by atoms with Gasteiger partial charge in [-0.2, -0.15) is 0 Å². The van der Waals surface area contributed by atoms with Crippen LogP contribution in [0.15, 0.2) is 40.9 Å². The van der Waals surface area contributed by atoms with Crippen LogP contribution in [0.2, 0.25) is 0 Å². The van der Waals surface area contributed by atoms with Crippen LogP contribution in [0.5, 0.6) is 0 Å². The highest BCUT2D eigenvalue weighted by atomic mass is 79.9. The van der Waals surface area contributed by atoms with E-state index in [-0.39, 0.29) is 12.1 Å². The average molecular weight is 316 g/mol. The molecule has 0 aliphatic heterocycles. The molecule has 0 heterocycles. The lowest BCUT2D eigenvalue weighted by Gasteiger charge is -2.09. The highest BCUT2D eigenvalue weighted by Crippen LogP contribution is 2.24. The maximum Gasteiger partial charge on any atom is 0.128 e. The van der Waals surface area contributed by atoms with Crippen molar-refractivity contribution in [2.75, 3.05) is 5.32 Å². The number of rotatable bonds is 3. The highest BCUT2D eigenvalue weighted by molar-refractivity contribution is 9.10. The van der Waals surface area contributed by atoms with Gasteiger partial charge in [0.05, 0.1) is 5.69 Å². The first-order valence-corrected chi connectivity index (χ1v) is 5.98. The van der Waals surface area contributed by atoms with Crippen LogP contribution in [0.3, 0.4) is 0 Å². The Morgan fingerprint density at radius 2 is 1.61 bits per heavy atom. The van der Waals surface area contributed by atoms with Crippen molar-refractivity contribution in [2.45, 2.75) is 6.54 Å². The van der Waals surface area contributed by atoms with Gasteiger partial charge in [-0.1, -0.05) is 0 Å². The molecule has 0 aliphatic carbocycles. The van der Waals surface area contributed by atoms with E-state index in [1.807, 2.05) is 0 Å². The second kappa shape index (κ2) is 5.44. The van der Waals surface area contributed by atoms with E-state index in [2.05, 4.69) is 21.2 Å². The van der Waals surface area contributed by atoms with Crippen molar-refractivity contribution < 1.29 is 13.2 Å². The van der Waals surface area contributed by atoms with Crippen molar-refractivity contribution in [3.63, 3.8) is 0 Å². The highest BCUT2D eigenvalue weighted by Gasteiger charge is 2.06. The SMILES string of the molecule is Fc1ccc(F)c(CNc2cc(F)ccc2Br)c1. The van der Waals surface area contributed by atoms with Gasteiger partial charge in [-0.15, -0.1) is 0 Å². The Morgan fingerprint density at radius 1 is 0.944 bits per heavy atom. The van der Waals surface area contributed by atoms with Crippen molar-refractivity contribution >= 4 is 21.6 Å². The molecular weight excluding hydrogens is 307 g/mol. The molecule has 0 saturated heterocycles. The molecule has 2 aromatic rings. The molecule has 2 aromatic carbocycles. The standard InChI is InChI=1S/C13H9BrF3N/c14-11-3-1-10(16)6-13(11)18-7-8-5-9(15)2-4-12(8)17/h1-6,18H,7H2. The summed E-state index contributed by atoms with van der Waals surface area (Å²) >= 11 is 3.24.